The monoisotopic (exact) mass is 133 g/mol. The van der Waals surface area contributed by atoms with E-state index in [9.17, 15) is 0 Å². The zero-order chi connectivity index (χ0) is 7.02. The number of rotatable bonds is 0. The van der Waals surface area contributed by atoms with Gasteiger partial charge in [-0.2, -0.15) is 0 Å². The summed E-state index contributed by atoms with van der Waals surface area (Å²) in [6, 6.07) is 0. The van der Waals surface area contributed by atoms with Crippen molar-refractivity contribution in [3.63, 3.8) is 0 Å². The first-order valence-electron chi connectivity index (χ1n) is 2.70. The Balaban J connectivity index is 2.54. The molecule has 0 heterocycles. The second-order valence-corrected chi connectivity index (χ2v) is 2.15. The molecule has 1 aliphatic rings. The lowest BCUT2D eigenvalue weighted by Gasteiger charge is -2.10. The summed E-state index contributed by atoms with van der Waals surface area (Å²) in [6.45, 7) is 0. The van der Waals surface area contributed by atoms with Crippen LogP contribution in [0.3, 0.4) is 0 Å². The van der Waals surface area contributed by atoms with Crippen LogP contribution in [0.4, 0.5) is 0 Å². The molecule has 0 aromatic rings. The van der Waals surface area contributed by atoms with Crippen molar-refractivity contribution in [2.24, 2.45) is 0 Å². The second-order valence-electron chi connectivity index (χ2n) is 2.15. The maximum atomic E-state index is 8.75. The maximum Gasteiger partial charge on any atom is 0.109 e. The van der Waals surface area contributed by atoms with Crippen LogP contribution >= 0.6 is 0 Å². The molecule has 0 aliphatic heterocycles. The third-order valence-electron chi connectivity index (χ3n) is 1.44. The maximum absolute atomic E-state index is 8.75. The van der Waals surface area contributed by atoms with Crippen LogP contribution in [0.25, 0.3) is 0 Å². The molecule has 4 atom stereocenters. The first-order chi connectivity index (χ1) is 4.13. The zero-order valence-corrected chi connectivity index (χ0v) is 4.68. The minimum Gasteiger partial charge on any atom is -0.390 e. The molecule has 1 aliphatic carbocycles. The van der Waals surface area contributed by atoms with E-state index < -0.39 is 24.4 Å². The van der Waals surface area contributed by atoms with Gasteiger partial charge in [0.25, 0.3) is 0 Å². The van der Waals surface area contributed by atoms with Crippen molar-refractivity contribution in [3.8, 4) is 0 Å². The van der Waals surface area contributed by atoms with E-state index in [-0.39, 0.29) is 0 Å². The topological polar surface area (TPSA) is 80.9 Å². The Kier molecular flexibility index (Phi) is 1.72. The molecule has 0 spiro atoms. The van der Waals surface area contributed by atoms with Crippen molar-refractivity contribution < 1.29 is 20.4 Å². The van der Waals surface area contributed by atoms with Crippen LogP contribution in [0.1, 0.15) is 0 Å². The summed E-state index contributed by atoms with van der Waals surface area (Å²) in [7, 11) is 0. The van der Waals surface area contributed by atoms with Crippen molar-refractivity contribution in [1.29, 1.82) is 0 Å². The molecule has 0 bridgehead atoms. The van der Waals surface area contributed by atoms with Crippen LogP contribution in [0.15, 0.2) is 0 Å². The Morgan fingerprint density at radius 3 is 1.22 bits per heavy atom. The molecule has 53 valence electrons. The fraction of sp³-hybridized carbons (Fsp3) is 0.800. The van der Waals surface area contributed by atoms with Crippen LogP contribution in [-0.4, -0.2) is 44.8 Å². The first-order valence-corrected chi connectivity index (χ1v) is 2.70. The van der Waals surface area contributed by atoms with Crippen LogP contribution in [0, 0.1) is 6.42 Å². The molecule has 4 heteroatoms. The van der Waals surface area contributed by atoms with Gasteiger partial charge in [-0.15, -0.1) is 0 Å². The summed E-state index contributed by atoms with van der Waals surface area (Å²) in [5.74, 6) is 0. The van der Waals surface area contributed by atoms with Crippen LogP contribution in [0.5, 0.6) is 0 Å². The summed E-state index contributed by atoms with van der Waals surface area (Å²) in [4.78, 5) is 0. The highest BCUT2D eigenvalue weighted by molar-refractivity contribution is 5.03. The second kappa shape index (κ2) is 2.22. The molecule has 4 unspecified atom stereocenters. The molecule has 9 heavy (non-hydrogen) atoms. The van der Waals surface area contributed by atoms with Crippen LogP contribution in [-0.2, 0) is 0 Å². The molecule has 4 N–H and O–H groups in total. The average molecular weight is 133 g/mol. The lowest BCUT2D eigenvalue weighted by Crippen LogP contribution is -2.32. The molecule has 1 radical (unpaired) electrons. The molecule has 0 saturated heterocycles. The van der Waals surface area contributed by atoms with E-state index in [1.54, 1.807) is 0 Å². The van der Waals surface area contributed by atoms with E-state index in [1.807, 2.05) is 0 Å². The summed E-state index contributed by atoms with van der Waals surface area (Å²) < 4.78 is 0. The van der Waals surface area contributed by atoms with E-state index in [2.05, 4.69) is 0 Å². The Hall–Kier alpha value is -0.160. The smallest absolute Gasteiger partial charge is 0.109 e. The number of aliphatic hydroxyl groups is 4. The van der Waals surface area contributed by atoms with Gasteiger partial charge in [-0.1, -0.05) is 0 Å². The predicted molar refractivity (Wildman–Crippen MR) is 28.3 cm³/mol. The van der Waals surface area contributed by atoms with Gasteiger partial charge in [0.1, 0.15) is 12.2 Å². The summed E-state index contributed by atoms with van der Waals surface area (Å²) in [5.41, 5.74) is 0. The largest absolute Gasteiger partial charge is 0.390 e. The van der Waals surface area contributed by atoms with Crippen molar-refractivity contribution in [1.82, 2.24) is 0 Å². The van der Waals surface area contributed by atoms with Gasteiger partial charge in [-0.05, 0) is 0 Å². The first kappa shape index (κ1) is 6.95. The van der Waals surface area contributed by atoms with Crippen LogP contribution in [0.2, 0.25) is 0 Å². The molecular formula is C5H9O4. The third-order valence-corrected chi connectivity index (χ3v) is 1.44. The molecule has 1 rings (SSSR count). The summed E-state index contributed by atoms with van der Waals surface area (Å²) in [5, 5.41) is 34.9. The minimum absolute atomic E-state index is 1.09. The highest BCUT2D eigenvalue weighted by Crippen LogP contribution is 2.18. The minimum atomic E-state index is -1.24. The molecular weight excluding hydrogens is 124 g/mol. The third kappa shape index (κ3) is 1.07. The summed E-state index contributed by atoms with van der Waals surface area (Å²) >= 11 is 0. The number of hydrogen-bond acceptors (Lipinski definition) is 4. The van der Waals surface area contributed by atoms with Gasteiger partial charge < -0.3 is 20.4 Å². The fourth-order valence-electron chi connectivity index (χ4n) is 0.834. The highest BCUT2D eigenvalue weighted by Gasteiger charge is 2.39. The number of aliphatic hydroxyl groups excluding tert-OH is 4. The van der Waals surface area contributed by atoms with Crippen molar-refractivity contribution in [2.45, 2.75) is 24.4 Å². The Morgan fingerprint density at radius 2 is 1.11 bits per heavy atom. The molecule has 1 saturated carbocycles. The Bertz CT molecular complexity index is 93.1. The van der Waals surface area contributed by atoms with Gasteiger partial charge >= 0.3 is 0 Å². The van der Waals surface area contributed by atoms with E-state index in [0.29, 0.717) is 0 Å². The average Bonchev–Trinajstić information content (AvgIpc) is 1.98. The Morgan fingerprint density at radius 1 is 0.778 bits per heavy atom. The van der Waals surface area contributed by atoms with E-state index >= 15 is 0 Å². The molecule has 0 amide bonds. The SMILES string of the molecule is OC1[CH]C(O)C(O)C1O. The number of hydrogen-bond donors (Lipinski definition) is 4. The molecule has 0 aromatic heterocycles. The zero-order valence-electron chi connectivity index (χ0n) is 4.68. The van der Waals surface area contributed by atoms with Crippen molar-refractivity contribution in [2.75, 3.05) is 0 Å². The predicted octanol–water partition coefficient (Wildman–Crippen LogP) is -2.35. The summed E-state index contributed by atoms with van der Waals surface area (Å²) in [6.07, 6.45) is -3.58. The van der Waals surface area contributed by atoms with Gasteiger partial charge in [0.2, 0.25) is 0 Å². The van der Waals surface area contributed by atoms with Gasteiger partial charge in [0, 0.05) is 6.42 Å². The van der Waals surface area contributed by atoms with E-state index in [0.717, 1.165) is 6.42 Å². The van der Waals surface area contributed by atoms with Gasteiger partial charge in [0.15, 0.2) is 0 Å². The molecule has 0 aromatic carbocycles. The molecule has 1 fully saturated rings. The quantitative estimate of drug-likeness (QED) is 0.298. The molecule has 4 nitrogen and oxygen atoms in total. The lowest BCUT2D eigenvalue weighted by molar-refractivity contribution is -0.0413. The normalized spacial score (nSPS) is 52.0. The van der Waals surface area contributed by atoms with Crippen molar-refractivity contribution in [3.05, 3.63) is 6.42 Å². The standard InChI is InChI=1S/C5H9O4/c6-2-1-3(7)5(9)4(2)8/h1-9H. The Labute approximate surface area is 52.4 Å². The van der Waals surface area contributed by atoms with Crippen molar-refractivity contribution >= 4 is 0 Å². The van der Waals surface area contributed by atoms with Gasteiger partial charge in [-0.25, -0.2) is 0 Å². The van der Waals surface area contributed by atoms with E-state index in [4.69, 9.17) is 20.4 Å². The fourth-order valence-corrected chi connectivity index (χ4v) is 0.834. The highest BCUT2D eigenvalue weighted by atomic mass is 16.4. The van der Waals surface area contributed by atoms with E-state index in [1.165, 1.54) is 0 Å². The van der Waals surface area contributed by atoms with Crippen LogP contribution < -0.4 is 0 Å². The van der Waals surface area contributed by atoms with Gasteiger partial charge in [-0.3, -0.25) is 0 Å². The lowest BCUT2D eigenvalue weighted by atomic mass is 10.2. The van der Waals surface area contributed by atoms with Gasteiger partial charge in [0.05, 0.1) is 12.2 Å².